The molecule has 0 spiro atoms. The molecule has 0 bridgehead atoms. The summed E-state index contributed by atoms with van der Waals surface area (Å²) in [4.78, 5) is 0. The van der Waals surface area contributed by atoms with Crippen molar-refractivity contribution in [3.63, 3.8) is 0 Å². The Hall–Kier alpha value is -1.28. The molecule has 2 nitrogen and oxygen atoms in total. The van der Waals surface area contributed by atoms with Gasteiger partial charge in [-0.1, -0.05) is 18.2 Å². The van der Waals surface area contributed by atoms with Crippen LogP contribution < -0.4 is 5.73 Å². The molecule has 0 unspecified atom stereocenters. The summed E-state index contributed by atoms with van der Waals surface area (Å²) in [6, 6.07) is 9.35. The number of para-hydroxylation sites is 1. The van der Waals surface area contributed by atoms with Crippen molar-refractivity contribution >= 4 is 10.9 Å². The molecule has 1 fully saturated rings. The molecule has 1 aromatic carbocycles. The van der Waals surface area contributed by atoms with Crippen molar-refractivity contribution in [3.05, 3.63) is 36.0 Å². The van der Waals surface area contributed by atoms with Gasteiger partial charge in [0.05, 0.1) is 5.52 Å². The van der Waals surface area contributed by atoms with Gasteiger partial charge in [-0.3, -0.25) is 0 Å². The molecule has 1 aromatic heterocycles. The smallest absolute Gasteiger partial charge is 0.0533 e. The number of benzene rings is 1. The highest BCUT2D eigenvalue weighted by atomic mass is 15.0. The van der Waals surface area contributed by atoms with E-state index in [1.807, 2.05) is 0 Å². The predicted molar refractivity (Wildman–Crippen MR) is 72.0 cm³/mol. The lowest BCUT2D eigenvalue weighted by atomic mass is 9.90. The molecule has 2 heteroatoms. The second-order valence-corrected chi connectivity index (χ2v) is 5.77. The second kappa shape index (κ2) is 3.61. The summed E-state index contributed by atoms with van der Waals surface area (Å²) >= 11 is 0. The SMILES string of the molecule is CC(C)(N)c1cccc2ccn(C3CCC3)c12. The first-order valence-corrected chi connectivity index (χ1v) is 6.46. The number of aromatic nitrogens is 1. The van der Waals surface area contributed by atoms with Gasteiger partial charge in [0.15, 0.2) is 0 Å². The zero-order valence-corrected chi connectivity index (χ0v) is 10.6. The van der Waals surface area contributed by atoms with Gasteiger partial charge in [-0.2, -0.15) is 0 Å². The normalized spacial score (nSPS) is 17.4. The first-order valence-electron chi connectivity index (χ1n) is 6.46. The predicted octanol–water partition coefficient (Wildman–Crippen LogP) is 3.56. The van der Waals surface area contributed by atoms with Crippen LogP contribution in [0.15, 0.2) is 30.5 Å². The van der Waals surface area contributed by atoms with E-state index >= 15 is 0 Å². The zero-order valence-electron chi connectivity index (χ0n) is 10.6. The van der Waals surface area contributed by atoms with Gasteiger partial charge >= 0.3 is 0 Å². The monoisotopic (exact) mass is 228 g/mol. The fourth-order valence-electron chi connectivity index (χ4n) is 2.71. The molecule has 1 heterocycles. The zero-order chi connectivity index (χ0) is 12.0. The number of nitrogens with two attached hydrogens (primary N) is 1. The number of hydrogen-bond donors (Lipinski definition) is 1. The topological polar surface area (TPSA) is 30.9 Å². The molecule has 1 saturated carbocycles. The summed E-state index contributed by atoms with van der Waals surface area (Å²) in [7, 11) is 0. The maximum atomic E-state index is 6.30. The van der Waals surface area contributed by atoms with E-state index in [1.165, 1.54) is 35.7 Å². The average Bonchev–Trinajstić information content (AvgIpc) is 2.58. The number of rotatable bonds is 2. The summed E-state index contributed by atoms with van der Waals surface area (Å²) in [6.07, 6.45) is 6.20. The Morgan fingerprint density at radius 1 is 1.24 bits per heavy atom. The molecule has 0 atom stereocenters. The molecule has 2 aromatic rings. The largest absolute Gasteiger partial charge is 0.344 e. The van der Waals surface area contributed by atoms with Crippen molar-refractivity contribution < 1.29 is 0 Å². The summed E-state index contributed by atoms with van der Waals surface area (Å²) in [5.74, 6) is 0. The number of hydrogen-bond acceptors (Lipinski definition) is 1. The van der Waals surface area contributed by atoms with Crippen LogP contribution in [-0.4, -0.2) is 4.57 Å². The third kappa shape index (κ3) is 1.67. The van der Waals surface area contributed by atoms with E-state index < -0.39 is 0 Å². The van der Waals surface area contributed by atoms with Crippen LogP contribution in [0.4, 0.5) is 0 Å². The Morgan fingerprint density at radius 3 is 2.59 bits per heavy atom. The van der Waals surface area contributed by atoms with Gasteiger partial charge in [0.1, 0.15) is 0 Å². The maximum absolute atomic E-state index is 6.30. The third-order valence-corrected chi connectivity index (χ3v) is 3.90. The Labute approximate surface area is 102 Å². The summed E-state index contributed by atoms with van der Waals surface area (Å²) < 4.78 is 2.43. The van der Waals surface area contributed by atoms with Crippen molar-refractivity contribution in [2.45, 2.75) is 44.7 Å². The van der Waals surface area contributed by atoms with E-state index in [4.69, 9.17) is 5.73 Å². The maximum Gasteiger partial charge on any atom is 0.0533 e. The van der Waals surface area contributed by atoms with Gasteiger partial charge in [-0.15, -0.1) is 0 Å². The standard InChI is InChI=1S/C15H20N2/c1-15(2,16)13-8-3-5-11-9-10-17(14(11)13)12-6-4-7-12/h3,5,8-10,12H,4,6-7,16H2,1-2H3. The minimum Gasteiger partial charge on any atom is -0.344 e. The molecule has 17 heavy (non-hydrogen) atoms. The average molecular weight is 228 g/mol. The molecule has 90 valence electrons. The fourth-order valence-corrected chi connectivity index (χ4v) is 2.71. The molecule has 2 N–H and O–H groups in total. The van der Waals surface area contributed by atoms with E-state index in [2.05, 4.69) is 48.9 Å². The quantitative estimate of drug-likeness (QED) is 0.837. The minimum atomic E-state index is -0.278. The molecule has 1 aliphatic rings. The first kappa shape index (κ1) is 10.8. The molecule has 0 aliphatic heterocycles. The van der Waals surface area contributed by atoms with Crippen molar-refractivity contribution in [1.82, 2.24) is 4.57 Å². The highest BCUT2D eigenvalue weighted by Crippen LogP contribution is 2.37. The van der Waals surface area contributed by atoms with Gasteiger partial charge < -0.3 is 10.3 Å². The van der Waals surface area contributed by atoms with Crippen molar-refractivity contribution in [2.75, 3.05) is 0 Å². The Bertz CT molecular complexity index is 542. The van der Waals surface area contributed by atoms with Crippen LogP contribution in [0.2, 0.25) is 0 Å². The van der Waals surface area contributed by atoms with Crippen LogP contribution in [0.3, 0.4) is 0 Å². The molecular weight excluding hydrogens is 208 g/mol. The van der Waals surface area contributed by atoms with Gasteiger partial charge in [0.2, 0.25) is 0 Å². The fraction of sp³-hybridized carbons (Fsp3) is 0.467. The van der Waals surface area contributed by atoms with Gasteiger partial charge in [0.25, 0.3) is 0 Å². The molecule has 3 rings (SSSR count). The molecule has 0 radical (unpaired) electrons. The lowest BCUT2D eigenvalue weighted by Crippen LogP contribution is -2.30. The van der Waals surface area contributed by atoms with Crippen LogP contribution in [0.1, 0.15) is 44.7 Å². The first-order chi connectivity index (χ1) is 8.07. The van der Waals surface area contributed by atoms with Crippen LogP contribution in [0, 0.1) is 0 Å². The van der Waals surface area contributed by atoms with Crippen LogP contribution in [-0.2, 0) is 5.54 Å². The lowest BCUT2D eigenvalue weighted by Gasteiger charge is -2.30. The van der Waals surface area contributed by atoms with Crippen molar-refractivity contribution in [2.24, 2.45) is 5.73 Å². The van der Waals surface area contributed by atoms with E-state index in [0.717, 1.165) is 0 Å². The van der Waals surface area contributed by atoms with Crippen LogP contribution >= 0.6 is 0 Å². The molecule has 0 amide bonds. The highest BCUT2D eigenvalue weighted by Gasteiger charge is 2.24. The van der Waals surface area contributed by atoms with Crippen LogP contribution in [0.25, 0.3) is 10.9 Å². The highest BCUT2D eigenvalue weighted by molar-refractivity contribution is 5.84. The van der Waals surface area contributed by atoms with Crippen molar-refractivity contribution in [1.29, 1.82) is 0 Å². The van der Waals surface area contributed by atoms with E-state index in [-0.39, 0.29) is 5.54 Å². The Morgan fingerprint density at radius 2 is 2.00 bits per heavy atom. The Balaban J connectivity index is 2.24. The van der Waals surface area contributed by atoms with E-state index in [0.29, 0.717) is 6.04 Å². The van der Waals surface area contributed by atoms with Crippen LogP contribution in [0.5, 0.6) is 0 Å². The van der Waals surface area contributed by atoms with Gasteiger partial charge in [0, 0.05) is 17.8 Å². The number of fused-ring (bicyclic) bond motifs is 1. The van der Waals surface area contributed by atoms with Gasteiger partial charge in [-0.05, 0) is 50.1 Å². The van der Waals surface area contributed by atoms with E-state index in [9.17, 15) is 0 Å². The third-order valence-electron chi connectivity index (χ3n) is 3.90. The summed E-state index contributed by atoms with van der Waals surface area (Å²) in [5, 5.41) is 1.31. The van der Waals surface area contributed by atoms with Crippen molar-refractivity contribution in [3.8, 4) is 0 Å². The van der Waals surface area contributed by atoms with Gasteiger partial charge in [-0.25, -0.2) is 0 Å². The summed E-state index contributed by atoms with van der Waals surface area (Å²) in [5.41, 5.74) is 8.61. The molecule has 0 saturated heterocycles. The Kier molecular flexibility index (Phi) is 2.30. The number of nitrogens with zero attached hydrogens (tertiary/aromatic N) is 1. The molecular formula is C15H20N2. The second-order valence-electron chi connectivity index (χ2n) is 5.77. The minimum absolute atomic E-state index is 0.278. The summed E-state index contributed by atoms with van der Waals surface area (Å²) in [6.45, 7) is 4.17. The van der Waals surface area contributed by atoms with E-state index in [1.54, 1.807) is 0 Å². The molecule has 1 aliphatic carbocycles. The lowest BCUT2D eigenvalue weighted by molar-refractivity contribution is 0.320.